The molecule has 0 amide bonds. The minimum atomic E-state index is -4.52. The van der Waals surface area contributed by atoms with Crippen LogP contribution in [0.25, 0.3) is 11.1 Å². The zero-order chi connectivity index (χ0) is 18.7. The Morgan fingerprint density at radius 1 is 0.692 bits per heavy atom. The molecular weight excluding hydrogens is 354 g/mol. The number of hydrogen-bond donors (Lipinski definition) is 0. The van der Waals surface area contributed by atoms with E-state index in [1.165, 1.54) is 12.1 Å². The van der Waals surface area contributed by atoms with Crippen molar-refractivity contribution in [3.8, 4) is 11.1 Å². The van der Waals surface area contributed by atoms with Crippen LogP contribution in [0.2, 0.25) is 0 Å². The normalized spacial score (nSPS) is 34.5. The van der Waals surface area contributed by atoms with Gasteiger partial charge in [-0.25, -0.2) is 0 Å². The molecule has 26 heavy (non-hydrogen) atoms. The number of benzene rings is 2. The van der Waals surface area contributed by atoms with Crippen LogP contribution in [0.4, 0.5) is 26.3 Å². The van der Waals surface area contributed by atoms with Crippen LogP contribution in [0.1, 0.15) is 53.6 Å². The fourth-order valence-corrected chi connectivity index (χ4v) is 6.89. The van der Waals surface area contributed by atoms with Crippen molar-refractivity contribution in [1.29, 1.82) is 0 Å². The Morgan fingerprint density at radius 2 is 1.08 bits per heavy atom. The number of hydrogen-bond acceptors (Lipinski definition) is 0. The Labute approximate surface area is 144 Å². The summed E-state index contributed by atoms with van der Waals surface area (Å²) >= 11 is 0. The SMILES string of the molecule is C[C@@]12C[C@]3(C)c4cc(C(F)(F)F)cc5c4C13c1c-5cc(C(F)(F)F)cc12. The summed E-state index contributed by atoms with van der Waals surface area (Å²) in [5, 5.41) is 0. The Hall–Kier alpha value is -1.98. The minimum absolute atomic E-state index is 0.345. The molecule has 0 radical (unpaired) electrons. The van der Waals surface area contributed by atoms with Crippen LogP contribution in [0, 0.1) is 0 Å². The predicted molar refractivity (Wildman–Crippen MR) is 82.0 cm³/mol. The fraction of sp³-hybridized carbons (Fsp3) is 0.400. The summed E-state index contributed by atoms with van der Waals surface area (Å²) in [6.45, 7) is 3.91. The van der Waals surface area contributed by atoms with Crippen LogP contribution in [0.15, 0.2) is 24.3 Å². The first-order valence-corrected chi connectivity index (χ1v) is 8.40. The number of rotatable bonds is 0. The zero-order valence-electron chi connectivity index (χ0n) is 13.8. The highest BCUT2D eigenvalue weighted by Crippen LogP contribution is 2.89. The fourth-order valence-electron chi connectivity index (χ4n) is 6.89. The molecule has 6 rings (SSSR count). The molecule has 2 aromatic rings. The van der Waals surface area contributed by atoms with Crippen molar-refractivity contribution in [3.63, 3.8) is 0 Å². The largest absolute Gasteiger partial charge is 0.416 e. The van der Waals surface area contributed by atoms with E-state index in [1.807, 2.05) is 13.8 Å². The first-order valence-electron chi connectivity index (χ1n) is 8.40. The quantitative estimate of drug-likeness (QED) is 0.507. The summed E-state index contributed by atoms with van der Waals surface area (Å²) in [4.78, 5) is 0. The Bertz CT molecular complexity index is 988. The van der Waals surface area contributed by atoms with Gasteiger partial charge >= 0.3 is 12.4 Å². The van der Waals surface area contributed by atoms with Crippen LogP contribution in [0.5, 0.6) is 0 Å². The van der Waals surface area contributed by atoms with E-state index in [9.17, 15) is 26.3 Å². The van der Waals surface area contributed by atoms with Crippen LogP contribution in [0.3, 0.4) is 0 Å². The van der Waals surface area contributed by atoms with Crippen molar-refractivity contribution in [2.75, 3.05) is 0 Å². The highest BCUT2D eigenvalue weighted by molar-refractivity contribution is 5.98. The molecule has 0 saturated heterocycles. The highest BCUT2D eigenvalue weighted by atomic mass is 19.4. The van der Waals surface area contributed by atoms with E-state index in [1.54, 1.807) is 0 Å². The van der Waals surface area contributed by atoms with Crippen molar-refractivity contribution < 1.29 is 26.3 Å². The molecule has 0 bridgehead atoms. The summed E-state index contributed by atoms with van der Waals surface area (Å²) in [6.07, 6.45) is -8.45. The minimum Gasteiger partial charge on any atom is -0.166 e. The molecule has 0 N–H and O–H groups in total. The van der Waals surface area contributed by atoms with Crippen molar-refractivity contribution in [2.24, 2.45) is 0 Å². The first kappa shape index (κ1) is 15.1. The lowest BCUT2D eigenvalue weighted by molar-refractivity contribution is -0.138. The van der Waals surface area contributed by atoms with Gasteiger partial charge in [0.05, 0.1) is 11.1 Å². The van der Waals surface area contributed by atoms with Gasteiger partial charge in [-0.15, -0.1) is 0 Å². The molecule has 3 atom stereocenters. The smallest absolute Gasteiger partial charge is 0.166 e. The zero-order valence-corrected chi connectivity index (χ0v) is 13.8. The number of fused-ring (bicyclic) bond motifs is 3. The molecule has 0 aromatic heterocycles. The lowest BCUT2D eigenvalue weighted by atomic mass is 9.20. The average molecular weight is 366 g/mol. The summed E-state index contributed by atoms with van der Waals surface area (Å²) in [6, 6.07) is 4.50. The van der Waals surface area contributed by atoms with E-state index in [2.05, 4.69) is 0 Å². The molecule has 0 aliphatic heterocycles. The molecule has 2 aromatic carbocycles. The maximum Gasteiger partial charge on any atom is 0.416 e. The Morgan fingerprint density at radius 3 is 1.42 bits per heavy atom. The molecular formula is C20H12F6. The highest BCUT2D eigenvalue weighted by Gasteiger charge is 2.86. The number of alkyl halides is 6. The second-order valence-electron chi connectivity index (χ2n) is 8.48. The Kier molecular flexibility index (Phi) is 2.00. The maximum atomic E-state index is 13.4. The summed E-state index contributed by atoms with van der Waals surface area (Å²) in [5.41, 5.74) is 0.931. The van der Waals surface area contributed by atoms with E-state index < -0.39 is 34.3 Å². The third-order valence-corrected chi connectivity index (χ3v) is 7.52. The first-order chi connectivity index (χ1) is 11.9. The molecule has 134 valence electrons. The monoisotopic (exact) mass is 366 g/mol. The standard InChI is InChI=1S/C20H12F6/c1-16-7-17(2)13-6-9(20(24,25)26)4-11-10-3-8(19(21,22)23)5-12(16)14(10)18(16,17)15(11)13/h3-6H,7H2,1-2H3/t16-,17+,18?. The average Bonchev–Trinajstić information content (AvgIpc) is 2.83. The third kappa shape index (κ3) is 1.10. The van der Waals surface area contributed by atoms with E-state index >= 15 is 0 Å². The van der Waals surface area contributed by atoms with Gasteiger partial charge in [-0.2, -0.15) is 26.3 Å². The van der Waals surface area contributed by atoms with Crippen molar-refractivity contribution in [2.45, 2.75) is 48.9 Å². The predicted octanol–water partition coefficient (Wildman–Crippen LogP) is 5.94. The topological polar surface area (TPSA) is 0 Å². The molecule has 6 heteroatoms. The molecule has 1 unspecified atom stereocenters. The molecule has 1 saturated carbocycles. The second kappa shape index (κ2) is 3.43. The summed E-state index contributed by atoms with van der Waals surface area (Å²) in [5.74, 6) is 0. The van der Waals surface area contributed by atoms with Crippen molar-refractivity contribution in [3.05, 3.63) is 57.6 Å². The van der Waals surface area contributed by atoms with Crippen LogP contribution in [-0.4, -0.2) is 0 Å². The van der Waals surface area contributed by atoms with Crippen molar-refractivity contribution in [1.82, 2.24) is 0 Å². The van der Waals surface area contributed by atoms with Crippen molar-refractivity contribution >= 4 is 0 Å². The number of halogens is 6. The molecule has 0 nitrogen and oxygen atoms in total. The maximum absolute atomic E-state index is 13.4. The van der Waals surface area contributed by atoms with Crippen LogP contribution >= 0.6 is 0 Å². The lowest BCUT2D eigenvalue weighted by Crippen LogP contribution is -2.82. The van der Waals surface area contributed by atoms with E-state index in [4.69, 9.17) is 0 Å². The lowest BCUT2D eigenvalue weighted by Gasteiger charge is -2.81. The molecule has 4 aliphatic carbocycles. The molecule has 1 spiro atoms. The van der Waals surface area contributed by atoms with Gasteiger partial charge in [-0.05, 0) is 64.1 Å². The van der Waals surface area contributed by atoms with Gasteiger partial charge in [-0.3, -0.25) is 0 Å². The van der Waals surface area contributed by atoms with E-state index in [0.717, 1.165) is 23.3 Å². The van der Waals surface area contributed by atoms with Gasteiger partial charge in [0, 0.05) is 16.2 Å². The van der Waals surface area contributed by atoms with E-state index in [0.29, 0.717) is 28.7 Å². The molecule has 1 fully saturated rings. The van der Waals surface area contributed by atoms with Gasteiger partial charge < -0.3 is 0 Å². The van der Waals surface area contributed by atoms with Crippen LogP contribution in [-0.2, 0) is 28.6 Å². The van der Waals surface area contributed by atoms with Gasteiger partial charge in [0.1, 0.15) is 0 Å². The van der Waals surface area contributed by atoms with E-state index in [-0.39, 0.29) is 5.41 Å². The molecule has 0 heterocycles. The summed E-state index contributed by atoms with van der Waals surface area (Å²) in [7, 11) is 0. The van der Waals surface area contributed by atoms with Gasteiger partial charge in [0.15, 0.2) is 0 Å². The second-order valence-corrected chi connectivity index (χ2v) is 8.48. The van der Waals surface area contributed by atoms with Gasteiger partial charge in [0.25, 0.3) is 0 Å². The van der Waals surface area contributed by atoms with Gasteiger partial charge in [-0.1, -0.05) is 13.8 Å². The summed E-state index contributed by atoms with van der Waals surface area (Å²) < 4.78 is 80.2. The van der Waals surface area contributed by atoms with Gasteiger partial charge in [0.2, 0.25) is 0 Å². The van der Waals surface area contributed by atoms with Crippen LogP contribution < -0.4 is 0 Å². The third-order valence-electron chi connectivity index (χ3n) is 7.52. The molecule has 4 aliphatic rings. The Balaban J connectivity index is 1.75.